The zero-order chi connectivity index (χ0) is 15.2. The molecule has 0 unspecified atom stereocenters. The number of nitrogen functional groups attached to an aromatic ring is 1. The van der Waals surface area contributed by atoms with Gasteiger partial charge in [-0.05, 0) is 36.6 Å². The molecule has 1 aromatic rings. The highest BCUT2D eigenvalue weighted by atomic mass is 35.5. The van der Waals surface area contributed by atoms with Gasteiger partial charge in [0.1, 0.15) is 0 Å². The van der Waals surface area contributed by atoms with Crippen molar-refractivity contribution in [2.75, 3.05) is 12.8 Å². The smallest absolute Gasteiger partial charge is 0.225 e. The summed E-state index contributed by atoms with van der Waals surface area (Å²) in [4.78, 5) is 14.4. The van der Waals surface area contributed by atoms with E-state index in [1.165, 1.54) is 32.1 Å². The molecule has 0 aromatic heterocycles. The van der Waals surface area contributed by atoms with Crippen molar-refractivity contribution in [1.82, 2.24) is 4.90 Å². The molecule has 3 nitrogen and oxygen atoms in total. The topological polar surface area (TPSA) is 46.3 Å². The molecule has 1 aliphatic rings. The van der Waals surface area contributed by atoms with Crippen LogP contribution in [0.4, 0.5) is 5.69 Å². The highest BCUT2D eigenvalue weighted by Crippen LogP contribution is 2.25. The Labute approximate surface area is 132 Å². The maximum Gasteiger partial charge on any atom is 0.225 e. The quantitative estimate of drug-likeness (QED) is 0.849. The van der Waals surface area contributed by atoms with Crippen LogP contribution in [0.3, 0.4) is 0 Å². The normalized spacial score (nSPS) is 17.0. The molecule has 0 heterocycles. The van der Waals surface area contributed by atoms with E-state index in [9.17, 15) is 4.79 Å². The van der Waals surface area contributed by atoms with Gasteiger partial charge in [-0.3, -0.25) is 4.79 Å². The van der Waals surface area contributed by atoms with Crippen molar-refractivity contribution in [2.45, 2.75) is 51.5 Å². The molecule has 0 spiro atoms. The lowest BCUT2D eigenvalue weighted by Crippen LogP contribution is -2.33. The van der Waals surface area contributed by atoms with Gasteiger partial charge < -0.3 is 10.6 Å². The number of halogens is 1. The van der Waals surface area contributed by atoms with Gasteiger partial charge in [0.2, 0.25) is 5.91 Å². The molecule has 0 aliphatic heterocycles. The third-order valence-electron chi connectivity index (χ3n) is 4.31. The maximum absolute atomic E-state index is 12.6. The molecule has 0 atom stereocenters. The van der Waals surface area contributed by atoms with E-state index in [-0.39, 0.29) is 11.8 Å². The van der Waals surface area contributed by atoms with Crippen LogP contribution in [-0.4, -0.2) is 17.9 Å². The van der Waals surface area contributed by atoms with Crippen molar-refractivity contribution < 1.29 is 4.79 Å². The van der Waals surface area contributed by atoms with Gasteiger partial charge in [-0.25, -0.2) is 0 Å². The highest BCUT2D eigenvalue weighted by molar-refractivity contribution is 6.31. The number of carbonyl (C=O) groups excluding carboxylic acids is 1. The Morgan fingerprint density at radius 1 is 1.24 bits per heavy atom. The molecule has 1 aliphatic carbocycles. The molecule has 1 fully saturated rings. The number of hydrogen-bond acceptors (Lipinski definition) is 2. The Morgan fingerprint density at radius 2 is 1.86 bits per heavy atom. The second kappa shape index (κ2) is 7.69. The molecule has 116 valence electrons. The number of anilines is 1. The summed E-state index contributed by atoms with van der Waals surface area (Å²) in [7, 11) is 1.86. The van der Waals surface area contributed by atoms with Gasteiger partial charge in [0.25, 0.3) is 0 Å². The van der Waals surface area contributed by atoms with Crippen molar-refractivity contribution in [3.05, 3.63) is 28.8 Å². The summed E-state index contributed by atoms with van der Waals surface area (Å²) >= 11 is 6.18. The SMILES string of the molecule is CN(Cc1cc(N)ccc1Cl)C(=O)C1CCCCCCC1. The van der Waals surface area contributed by atoms with Crippen molar-refractivity contribution >= 4 is 23.2 Å². The van der Waals surface area contributed by atoms with Crippen LogP contribution in [-0.2, 0) is 11.3 Å². The van der Waals surface area contributed by atoms with Crippen LogP contribution in [0.15, 0.2) is 18.2 Å². The molecular weight excluding hydrogens is 284 g/mol. The molecule has 0 saturated heterocycles. The number of nitrogens with zero attached hydrogens (tertiary/aromatic N) is 1. The summed E-state index contributed by atoms with van der Waals surface area (Å²) in [6.07, 6.45) is 8.22. The Bertz CT molecular complexity index is 482. The summed E-state index contributed by atoms with van der Waals surface area (Å²) < 4.78 is 0. The fourth-order valence-corrected chi connectivity index (χ4v) is 3.24. The van der Waals surface area contributed by atoms with E-state index in [1.807, 2.05) is 13.1 Å². The first-order valence-electron chi connectivity index (χ1n) is 7.87. The first-order valence-corrected chi connectivity index (χ1v) is 8.24. The van der Waals surface area contributed by atoms with Crippen LogP contribution < -0.4 is 5.73 Å². The van der Waals surface area contributed by atoms with E-state index >= 15 is 0 Å². The summed E-state index contributed by atoms with van der Waals surface area (Å²) in [5.74, 6) is 0.422. The highest BCUT2D eigenvalue weighted by Gasteiger charge is 2.23. The minimum atomic E-state index is 0.176. The largest absolute Gasteiger partial charge is 0.399 e. The van der Waals surface area contributed by atoms with Gasteiger partial charge in [0.15, 0.2) is 0 Å². The standard InChI is InChI=1S/C17H25ClN2O/c1-20(12-14-11-15(19)9-10-16(14)18)17(21)13-7-5-3-2-4-6-8-13/h9-11,13H,2-8,12,19H2,1H3. The fourth-order valence-electron chi connectivity index (χ4n) is 3.06. The zero-order valence-electron chi connectivity index (χ0n) is 12.8. The van der Waals surface area contributed by atoms with Crippen molar-refractivity contribution in [1.29, 1.82) is 0 Å². The minimum absolute atomic E-state index is 0.176. The van der Waals surface area contributed by atoms with Crippen LogP contribution >= 0.6 is 11.6 Å². The number of nitrogens with two attached hydrogens (primary N) is 1. The molecule has 0 bridgehead atoms. The summed E-state index contributed by atoms with van der Waals surface area (Å²) in [6, 6.07) is 5.42. The second-order valence-electron chi connectivity index (χ2n) is 6.09. The Balaban J connectivity index is 1.99. The molecule has 21 heavy (non-hydrogen) atoms. The van der Waals surface area contributed by atoms with Gasteiger partial charge >= 0.3 is 0 Å². The molecular formula is C17H25ClN2O. The van der Waals surface area contributed by atoms with Gasteiger partial charge in [-0.1, -0.05) is 43.7 Å². The summed E-state index contributed by atoms with van der Waals surface area (Å²) in [5.41, 5.74) is 7.39. The Kier molecular flexibility index (Phi) is 5.92. The lowest BCUT2D eigenvalue weighted by atomic mass is 9.90. The van der Waals surface area contributed by atoms with Crippen molar-refractivity contribution in [3.63, 3.8) is 0 Å². The van der Waals surface area contributed by atoms with E-state index in [0.717, 1.165) is 18.4 Å². The van der Waals surface area contributed by atoms with Crippen LogP contribution in [0.5, 0.6) is 0 Å². The van der Waals surface area contributed by atoms with E-state index in [0.29, 0.717) is 17.3 Å². The zero-order valence-corrected chi connectivity index (χ0v) is 13.5. The number of carbonyl (C=O) groups is 1. The first kappa shape index (κ1) is 16.2. The minimum Gasteiger partial charge on any atom is -0.399 e. The van der Waals surface area contributed by atoms with Crippen molar-refractivity contribution in [3.8, 4) is 0 Å². The van der Waals surface area contributed by atoms with E-state index in [1.54, 1.807) is 17.0 Å². The van der Waals surface area contributed by atoms with E-state index in [2.05, 4.69) is 0 Å². The average Bonchev–Trinajstić information content (AvgIpc) is 2.42. The molecule has 2 rings (SSSR count). The van der Waals surface area contributed by atoms with Crippen LogP contribution in [0.25, 0.3) is 0 Å². The lowest BCUT2D eigenvalue weighted by Gasteiger charge is -2.25. The average molecular weight is 309 g/mol. The molecule has 1 saturated carbocycles. The number of rotatable bonds is 3. The monoisotopic (exact) mass is 308 g/mol. The lowest BCUT2D eigenvalue weighted by molar-refractivity contribution is -0.135. The van der Waals surface area contributed by atoms with Crippen LogP contribution in [0.2, 0.25) is 5.02 Å². The van der Waals surface area contributed by atoms with Crippen molar-refractivity contribution in [2.24, 2.45) is 5.92 Å². The van der Waals surface area contributed by atoms with Gasteiger partial charge in [0.05, 0.1) is 0 Å². The maximum atomic E-state index is 12.6. The number of benzene rings is 1. The summed E-state index contributed by atoms with van der Waals surface area (Å²) in [6.45, 7) is 0.527. The molecule has 1 aromatic carbocycles. The molecule has 0 radical (unpaired) electrons. The van der Waals surface area contributed by atoms with Crippen LogP contribution in [0.1, 0.15) is 50.5 Å². The Hall–Kier alpha value is -1.22. The molecule has 2 N–H and O–H groups in total. The number of amides is 1. The predicted octanol–water partition coefficient (Wildman–Crippen LogP) is 4.24. The van der Waals surface area contributed by atoms with E-state index < -0.39 is 0 Å². The molecule has 1 amide bonds. The summed E-state index contributed by atoms with van der Waals surface area (Å²) in [5, 5.41) is 0.668. The third-order valence-corrected chi connectivity index (χ3v) is 4.68. The fraction of sp³-hybridized carbons (Fsp3) is 0.588. The first-order chi connectivity index (χ1) is 10.1. The third kappa shape index (κ3) is 4.63. The van der Waals surface area contributed by atoms with Gasteiger partial charge in [-0.15, -0.1) is 0 Å². The Morgan fingerprint density at radius 3 is 2.52 bits per heavy atom. The number of hydrogen-bond donors (Lipinski definition) is 1. The predicted molar refractivity (Wildman–Crippen MR) is 88.1 cm³/mol. The molecule has 4 heteroatoms. The van der Waals surface area contributed by atoms with Gasteiger partial charge in [-0.2, -0.15) is 0 Å². The van der Waals surface area contributed by atoms with E-state index in [4.69, 9.17) is 17.3 Å². The van der Waals surface area contributed by atoms with Gasteiger partial charge in [0, 0.05) is 30.2 Å². The second-order valence-corrected chi connectivity index (χ2v) is 6.49. The van der Waals surface area contributed by atoms with Crippen LogP contribution in [0, 0.1) is 5.92 Å².